The largest absolute Gasteiger partial charge is 0.264 e. The zero-order valence-corrected chi connectivity index (χ0v) is 7.92. The molecule has 0 fully saturated rings. The minimum Gasteiger partial charge on any atom is -0.264 e. The summed E-state index contributed by atoms with van der Waals surface area (Å²) in [6, 6.07) is -0.449. The Hall–Kier alpha value is -0.600. The molecule has 0 amide bonds. The van der Waals surface area contributed by atoms with Gasteiger partial charge in [-0.15, -0.1) is 0 Å². The van der Waals surface area contributed by atoms with E-state index in [1.165, 1.54) is 0 Å². The van der Waals surface area contributed by atoms with Crippen molar-refractivity contribution in [3.05, 3.63) is 10.1 Å². The van der Waals surface area contributed by atoms with Gasteiger partial charge in [-0.2, -0.15) is 0 Å². The lowest BCUT2D eigenvalue weighted by molar-refractivity contribution is -0.530. The molecule has 0 aliphatic heterocycles. The van der Waals surface area contributed by atoms with Crippen LogP contribution >= 0.6 is 0 Å². The Morgan fingerprint density at radius 1 is 1.27 bits per heavy atom. The first-order valence-corrected chi connectivity index (χ1v) is 3.90. The molecule has 0 N–H and O–H groups in total. The van der Waals surface area contributed by atoms with E-state index in [-0.39, 0.29) is 16.3 Å². The van der Waals surface area contributed by atoms with E-state index in [1.807, 2.05) is 27.7 Å². The molecule has 0 saturated heterocycles. The summed E-state index contributed by atoms with van der Waals surface area (Å²) in [4.78, 5) is 10.2. The van der Waals surface area contributed by atoms with Crippen molar-refractivity contribution in [2.75, 3.05) is 0 Å². The minimum atomic E-state index is -0.449. The van der Waals surface area contributed by atoms with Gasteiger partial charge >= 0.3 is 0 Å². The molecular weight excluding hydrogens is 142 g/mol. The van der Waals surface area contributed by atoms with Crippen molar-refractivity contribution in [2.24, 2.45) is 11.3 Å². The molecule has 0 aromatic rings. The molecule has 2 unspecified atom stereocenters. The second-order valence-corrected chi connectivity index (χ2v) is 4.18. The van der Waals surface area contributed by atoms with Crippen molar-refractivity contribution < 1.29 is 4.92 Å². The Bertz CT molecular complexity index is 149. The smallest absolute Gasteiger partial charge is 0.213 e. The van der Waals surface area contributed by atoms with Gasteiger partial charge in [-0.25, -0.2) is 0 Å². The van der Waals surface area contributed by atoms with Crippen molar-refractivity contribution in [3.63, 3.8) is 0 Å². The normalized spacial score (nSPS) is 17.5. The van der Waals surface area contributed by atoms with Gasteiger partial charge in [0.25, 0.3) is 0 Å². The first-order valence-electron chi connectivity index (χ1n) is 3.90. The number of nitrogens with zero attached hydrogens (tertiary/aromatic N) is 1. The topological polar surface area (TPSA) is 43.1 Å². The van der Waals surface area contributed by atoms with Gasteiger partial charge in [0, 0.05) is 17.8 Å². The average Bonchev–Trinajstić information content (AvgIpc) is 1.82. The molecule has 0 bridgehead atoms. The number of rotatable bonds is 2. The van der Waals surface area contributed by atoms with Crippen molar-refractivity contribution in [1.29, 1.82) is 0 Å². The molecule has 66 valence electrons. The highest BCUT2D eigenvalue weighted by Crippen LogP contribution is 2.28. The molecule has 3 heteroatoms. The zero-order chi connectivity index (χ0) is 9.23. The predicted molar refractivity (Wildman–Crippen MR) is 45.1 cm³/mol. The van der Waals surface area contributed by atoms with E-state index in [0.29, 0.717) is 0 Å². The van der Waals surface area contributed by atoms with Gasteiger partial charge in [0.1, 0.15) is 0 Å². The molecule has 11 heavy (non-hydrogen) atoms. The van der Waals surface area contributed by atoms with Crippen LogP contribution < -0.4 is 0 Å². The number of nitro groups is 1. The molecule has 0 rings (SSSR count). The Balaban J connectivity index is 4.25. The Labute approximate surface area is 67.9 Å². The standard InChI is InChI=1S/C8H17NO2/c1-6(8(3,4)5)7(2)9(10)11/h6-7H,1-5H3. The third-order valence-corrected chi connectivity index (χ3v) is 2.42. The Kier molecular flexibility index (Phi) is 3.02. The van der Waals surface area contributed by atoms with E-state index in [9.17, 15) is 10.1 Å². The van der Waals surface area contributed by atoms with E-state index < -0.39 is 6.04 Å². The maximum absolute atomic E-state index is 10.4. The van der Waals surface area contributed by atoms with Crippen LogP contribution in [0, 0.1) is 21.4 Å². The van der Waals surface area contributed by atoms with E-state index in [4.69, 9.17) is 0 Å². The van der Waals surface area contributed by atoms with Gasteiger partial charge in [0.05, 0.1) is 0 Å². The van der Waals surface area contributed by atoms with E-state index in [1.54, 1.807) is 6.92 Å². The first-order chi connectivity index (χ1) is 4.76. The molecule has 0 aromatic carbocycles. The summed E-state index contributed by atoms with van der Waals surface area (Å²) in [5.74, 6) is 0.109. The van der Waals surface area contributed by atoms with E-state index in [2.05, 4.69) is 0 Å². The fraction of sp³-hybridized carbons (Fsp3) is 1.00. The van der Waals surface area contributed by atoms with Crippen molar-refractivity contribution in [3.8, 4) is 0 Å². The maximum atomic E-state index is 10.4. The van der Waals surface area contributed by atoms with E-state index >= 15 is 0 Å². The SMILES string of the molecule is CC(C(C)C(C)(C)C)[N+](=O)[O-]. The third-order valence-electron chi connectivity index (χ3n) is 2.42. The van der Waals surface area contributed by atoms with Gasteiger partial charge in [-0.3, -0.25) is 10.1 Å². The zero-order valence-electron chi connectivity index (χ0n) is 7.92. The van der Waals surface area contributed by atoms with Crippen LogP contribution in [0.25, 0.3) is 0 Å². The highest BCUT2D eigenvalue weighted by Gasteiger charge is 2.32. The van der Waals surface area contributed by atoms with Crippen LogP contribution in [-0.4, -0.2) is 11.0 Å². The third kappa shape index (κ3) is 2.87. The summed E-state index contributed by atoms with van der Waals surface area (Å²) in [6.45, 7) is 9.66. The summed E-state index contributed by atoms with van der Waals surface area (Å²) in [6.07, 6.45) is 0. The quantitative estimate of drug-likeness (QED) is 0.458. The van der Waals surface area contributed by atoms with Crippen LogP contribution in [0.4, 0.5) is 0 Å². The van der Waals surface area contributed by atoms with Gasteiger partial charge in [-0.05, 0) is 5.41 Å². The highest BCUT2D eigenvalue weighted by atomic mass is 16.6. The second kappa shape index (κ2) is 3.20. The fourth-order valence-corrected chi connectivity index (χ4v) is 0.906. The molecular formula is C8H17NO2. The van der Waals surface area contributed by atoms with Crippen molar-refractivity contribution in [2.45, 2.75) is 40.7 Å². The van der Waals surface area contributed by atoms with Crippen molar-refractivity contribution in [1.82, 2.24) is 0 Å². The molecule has 0 heterocycles. The summed E-state index contributed by atoms with van der Waals surface area (Å²) >= 11 is 0. The molecule has 3 nitrogen and oxygen atoms in total. The Morgan fingerprint density at radius 2 is 1.64 bits per heavy atom. The average molecular weight is 159 g/mol. The molecule has 0 saturated carbocycles. The van der Waals surface area contributed by atoms with Crippen molar-refractivity contribution >= 4 is 0 Å². The fourth-order valence-electron chi connectivity index (χ4n) is 0.906. The lowest BCUT2D eigenvalue weighted by Gasteiger charge is -2.27. The predicted octanol–water partition coefficient (Wildman–Crippen LogP) is 2.33. The van der Waals surface area contributed by atoms with Crippen LogP contribution in [0.5, 0.6) is 0 Å². The first kappa shape index (κ1) is 10.4. The lowest BCUT2D eigenvalue weighted by Crippen LogP contribution is -2.33. The van der Waals surface area contributed by atoms with Gasteiger partial charge < -0.3 is 0 Å². The maximum Gasteiger partial charge on any atom is 0.213 e. The lowest BCUT2D eigenvalue weighted by atomic mass is 9.78. The minimum absolute atomic E-state index is 0.0203. The summed E-state index contributed by atoms with van der Waals surface area (Å²) in [5, 5.41) is 10.4. The second-order valence-electron chi connectivity index (χ2n) is 4.18. The van der Waals surface area contributed by atoms with Crippen LogP contribution in [-0.2, 0) is 0 Å². The molecule has 2 atom stereocenters. The molecule has 0 aliphatic carbocycles. The van der Waals surface area contributed by atoms with Gasteiger partial charge in [0.2, 0.25) is 6.04 Å². The molecule has 0 aliphatic rings. The van der Waals surface area contributed by atoms with Crippen LogP contribution in [0.1, 0.15) is 34.6 Å². The number of hydrogen-bond donors (Lipinski definition) is 0. The molecule has 0 radical (unpaired) electrons. The van der Waals surface area contributed by atoms with E-state index in [0.717, 1.165) is 0 Å². The Morgan fingerprint density at radius 3 is 1.73 bits per heavy atom. The highest BCUT2D eigenvalue weighted by molar-refractivity contribution is 4.74. The van der Waals surface area contributed by atoms with Crippen LogP contribution in [0.2, 0.25) is 0 Å². The molecule has 0 aromatic heterocycles. The monoisotopic (exact) mass is 159 g/mol. The summed E-state index contributed by atoms with van der Waals surface area (Å²) < 4.78 is 0. The van der Waals surface area contributed by atoms with Gasteiger partial charge in [0.15, 0.2) is 0 Å². The number of hydrogen-bond acceptors (Lipinski definition) is 2. The van der Waals surface area contributed by atoms with Gasteiger partial charge in [-0.1, -0.05) is 27.7 Å². The van der Waals surface area contributed by atoms with Crippen LogP contribution in [0.15, 0.2) is 0 Å². The summed E-state index contributed by atoms with van der Waals surface area (Å²) in [5.41, 5.74) is 0.0203. The summed E-state index contributed by atoms with van der Waals surface area (Å²) in [7, 11) is 0. The van der Waals surface area contributed by atoms with Crippen LogP contribution in [0.3, 0.4) is 0 Å². The molecule has 0 spiro atoms.